The van der Waals surface area contributed by atoms with E-state index in [1.165, 1.54) is 5.69 Å². The van der Waals surface area contributed by atoms with Crippen LogP contribution in [0.1, 0.15) is 6.92 Å². The molecule has 0 spiro atoms. The summed E-state index contributed by atoms with van der Waals surface area (Å²) in [5.74, 6) is 0.961. The molecular weight excluding hydrogens is 238 g/mol. The number of piperazine rings is 1. The Hall–Kier alpha value is -1.26. The molecule has 2 atom stereocenters. The molecule has 1 aromatic rings. The molecule has 2 unspecified atom stereocenters. The summed E-state index contributed by atoms with van der Waals surface area (Å²) < 4.78 is 5.48. The molecule has 1 N–H and O–H groups in total. The molecule has 0 amide bonds. The number of benzene rings is 1. The van der Waals surface area contributed by atoms with Gasteiger partial charge in [-0.25, -0.2) is 0 Å². The number of nitrogens with zero attached hydrogens (tertiary/aromatic N) is 2. The van der Waals surface area contributed by atoms with Crippen LogP contribution < -0.4 is 15.0 Å². The molecule has 0 aromatic heterocycles. The summed E-state index contributed by atoms with van der Waals surface area (Å²) in [6.07, 6.45) is 0. The van der Waals surface area contributed by atoms with Gasteiger partial charge < -0.3 is 15.0 Å². The first-order chi connectivity index (χ1) is 9.17. The first kappa shape index (κ1) is 14.2. The van der Waals surface area contributed by atoms with Crippen LogP contribution in [-0.2, 0) is 0 Å². The van der Waals surface area contributed by atoms with Crippen molar-refractivity contribution in [2.24, 2.45) is 0 Å². The molecule has 106 valence electrons. The van der Waals surface area contributed by atoms with Gasteiger partial charge in [0, 0.05) is 31.7 Å². The zero-order valence-corrected chi connectivity index (χ0v) is 12.4. The van der Waals surface area contributed by atoms with Crippen LogP contribution in [0, 0.1) is 0 Å². The Bertz CT molecular complexity index is 410. The molecular formula is C15H25N3O. The number of para-hydroxylation sites is 2. The van der Waals surface area contributed by atoms with Crippen molar-refractivity contribution in [3.8, 4) is 5.75 Å². The van der Waals surface area contributed by atoms with Crippen LogP contribution in [0.2, 0.25) is 0 Å². The van der Waals surface area contributed by atoms with Gasteiger partial charge in [0.1, 0.15) is 5.75 Å². The lowest BCUT2D eigenvalue weighted by Gasteiger charge is -2.45. The second-order valence-corrected chi connectivity index (χ2v) is 5.30. The number of nitrogens with one attached hydrogen (secondary N) is 1. The summed E-state index contributed by atoms with van der Waals surface area (Å²) in [6.45, 7) is 5.36. The largest absolute Gasteiger partial charge is 0.495 e. The fourth-order valence-corrected chi connectivity index (χ4v) is 2.80. The van der Waals surface area contributed by atoms with Crippen molar-refractivity contribution in [2.75, 3.05) is 45.7 Å². The highest BCUT2D eigenvalue weighted by molar-refractivity contribution is 5.59. The lowest BCUT2D eigenvalue weighted by Crippen LogP contribution is -2.58. The first-order valence-corrected chi connectivity index (χ1v) is 6.92. The molecule has 0 bridgehead atoms. The molecule has 4 nitrogen and oxygen atoms in total. The van der Waals surface area contributed by atoms with Crippen molar-refractivity contribution < 1.29 is 4.74 Å². The van der Waals surface area contributed by atoms with Gasteiger partial charge in [0.25, 0.3) is 0 Å². The van der Waals surface area contributed by atoms with Crippen LogP contribution in [0.3, 0.4) is 0 Å². The summed E-state index contributed by atoms with van der Waals surface area (Å²) in [5, 5.41) is 3.29. The fourth-order valence-electron chi connectivity index (χ4n) is 2.80. The minimum Gasteiger partial charge on any atom is -0.495 e. The lowest BCUT2D eigenvalue weighted by molar-refractivity contribution is 0.156. The number of ether oxygens (including phenoxy) is 1. The molecule has 0 aliphatic carbocycles. The predicted octanol–water partition coefficient (Wildman–Crippen LogP) is 1.42. The minimum absolute atomic E-state index is 0.527. The number of likely N-dealkylation sites (N-methyl/N-ethyl adjacent to an activating group) is 2. The van der Waals surface area contributed by atoms with Crippen LogP contribution >= 0.6 is 0 Å². The summed E-state index contributed by atoms with van der Waals surface area (Å²) in [7, 11) is 5.97. The maximum atomic E-state index is 5.48. The van der Waals surface area contributed by atoms with E-state index in [2.05, 4.69) is 41.2 Å². The van der Waals surface area contributed by atoms with Crippen molar-refractivity contribution in [3.63, 3.8) is 0 Å². The number of hydrogen-bond acceptors (Lipinski definition) is 4. The van der Waals surface area contributed by atoms with Crippen molar-refractivity contribution >= 4 is 5.69 Å². The van der Waals surface area contributed by atoms with Gasteiger partial charge in [-0.2, -0.15) is 0 Å². The third kappa shape index (κ3) is 3.01. The van der Waals surface area contributed by atoms with E-state index in [1.54, 1.807) is 7.11 Å². The van der Waals surface area contributed by atoms with E-state index in [1.807, 2.05) is 19.2 Å². The van der Waals surface area contributed by atoms with E-state index in [-0.39, 0.29) is 0 Å². The Labute approximate surface area is 116 Å². The van der Waals surface area contributed by atoms with Crippen LogP contribution in [0.5, 0.6) is 5.75 Å². The van der Waals surface area contributed by atoms with Gasteiger partial charge in [-0.3, -0.25) is 4.90 Å². The Morgan fingerprint density at radius 1 is 1.32 bits per heavy atom. The van der Waals surface area contributed by atoms with Gasteiger partial charge in [-0.1, -0.05) is 12.1 Å². The van der Waals surface area contributed by atoms with E-state index in [0.29, 0.717) is 12.1 Å². The summed E-state index contributed by atoms with van der Waals surface area (Å²) >= 11 is 0. The lowest BCUT2D eigenvalue weighted by atomic mass is 10.1. The fraction of sp³-hybridized carbons (Fsp3) is 0.600. The van der Waals surface area contributed by atoms with Crippen LogP contribution in [0.4, 0.5) is 5.69 Å². The van der Waals surface area contributed by atoms with Gasteiger partial charge in [-0.05, 0) is 33.2 Å². The predicted molar refractivity (Wildman–Crippen MR) is 80.1 cm³/mol. The second-order valence-electron chi connectivity index (χ2n) is 5.30. The average Bonchev–Trinajstić information content (AvgIpc) is 2.43. The molecule has 1 heterocycles. The second kappa shape index (κ2) is 6.26. The number of rotatable bonds is 4. The van der Waals surface area contributed by atoms with E-state index >= 15 is 0 Å². The van der Waals surface area contributed by atoms with Crippen molar-refractivity contribution in [1.82, 2.24) is 10.2 Å². The Balaban J connectivity index is 2.20. The smallest absolute Gasteiger partial charge is 0.142 e. The Morgan fingerprint density at radius 2 is 2.05 bits per heavy atom. The Kier molecular flexibility index (Phi) is 4.66. The summed E-state index contributed by atoms with van der Waals surface area (Å²) in [6, 6.07) is 9.34. The van der Waals surface area contributed by atoms with Crippen molar-refractivity contribution in [1.29, 1.82) is 0 Å². The van der Waals surface area contributed by atoms with Crippen LogP contribution in [0.15, 0.2) is 24.3 Å². The number of hydrogen-bond donors (Lipinski definition) is 1. The standard InChI is InChI=1S/C15H25N3O/c1-12-10-18(11-13(9-16-2)17(12)3)14-7-5-6-8-15(14)19-4/h5-8,12-13,16H,9-11H2,1-4H3. The van der Waals surface area contributed by atoms with Gasteiger partial charge in [0.2, 0.25) is 0 Å². The topological polar surface area (TPSA) is 27.7 Å². The number of anilines is 1. The SMILES string of the molecule is CNCC1CN(c2ccccc2OC)CC(C)N1C. The van der Waals surface area contributed by atoms with E-state index in [0.717, 1.165) is 25.4 Å². The van der Waals surface area contributed by atoms with Gasteiger partial charge in [0.05, 0.1) is 12.8 Å². The molecule has 4 heteroatoms. The summed E-state index contributed by atoms with van der Waals surface area (Å²) in [5.41, 5.74) is 1.20. The van der Waals surface area contributed by atoms with Crippen molar-refractivity contribution in [3.05, 3.63) is 24.3 Å². The molecule has 0 saturated carbocycles. The Morgan fingerprint density at radius 3 is 2.74 bits per heavy atom. The average molecular weight is 263 g/mol. The minimum atomic E-state index is 0.527. The third-order valence-electron chi connectivity index (χ3n) is 4.05. The monoisotopic (exact) mass is 263 g/mol. The van der Waals surface area contributed by atoms with E-state index < -0.39 is 0 Å². The maximum Gasteiger partial charge on any atom is 0.142 e. The molecule has 0 radical (unpaired) electrons. The molecule has 1 fully saturated rings. The quantitative estimate of drug-likeness (QED) is 0.889. The van der Waals surface area contributed by atoms with E-state index in [4.69, 9.17) is 4.74 Å². The third-order valence-corrected chi connectivity index (χ3v) is 4.05. The highest BCUT2D eigenvalue weighted by Crippen LogP contribution is 2.30. The molecule has 19 heavy (non-hydrogen) atoms. The highest BCUT2D eigenvalue weighted by Gasteiger charge is 2.30. The molecule has 2 rings (SSSR count). The molecule has 1 aromatic carbocycles. The first-order valence-electron chi connectivity index (χ1n) is 6.92. The van der Waals surface area contributed by atoms with Crippen LogP contribution in [0.25, 0.3) is 0 Å². The van der Waals surface area contributed by atoms with Gasteiger partial charge in [0.15, 0.2) is 0 Å². The van der Waals surface area contributed by atoms with Crippen LogP contribution in [-0.4, -0.2) is 57.8 Å². The van der Waals surface area contributed by atoms with Gasteiger partial charge >= 0.3 is 0 Å². The zero-order valence-electron chi connectivity index (χ0n) is 12.4. The molecule has 1 saturated heterocycles. The summed E-state index contributed by atoms with van der Waals surface area (Å²) in [4.78, 5) is 4.90. The zero-order chi connectivity index (χ0) is 13.8. The van der Waals surface area contributed by atoms with E-state index in [9.17, 15) is 0 Å². The number of methoxy groups -OCH3 is 1. The van der Waals surface area contributed by atoms with Gasteiger partial charge in [-0.15, -0.1) is 0 Å². The normalized spacial score (nSPS) is 24.5. The molecule has 1 aliphatic heterocycles. The van der Waals surface area contributed by atoms with Crippen molar-refractivity contribution in [2.45, 2.75) is 19.0 Å². The molecule has 1 aliphatic rings. The highest BCUT2D eigenvalue weighted by atomic mass is 16.5. The maximum absolute atomic E-state index is 5.48.